The largest absolute Gasteiger partial charge is 0.454 e. The second-order valence-electron chi connectivity index (χ2n) is 4.68. The van der Waals surface area contributed by atoms with Crippen molar-refractivity contribution in [3.8, 4) is 0 Å². The van der Waals surface area contributed by atoms with E-state index in [1.54, 1.807) is 0 Å². The van der Waals surface area contributed by atoms with Crippen LogP contribution in [0, 0.1) is 5.82 Å². The van der Waals surface area contributed by atoms with Gasteiger partial charge in [-0.25, -0.2) is 4.39 Å². The van der Waals surface area contributed by atoms with Crippen molar-refractivity contribution < 1.29 is 22.4 Å². The Kier molecular flexibility index (Phi) is 4.80. The average molecular weight is 311 g/mol. The summed E-state index contributed by atoms with van der Waals surface area (Å²) < 4.78 is 50.8. The van der Waals surface area contributed by atoms with Crippen molar-refractivity contribution in [3.05, 3.63) is 65.5 Å². The highest BCUT2D eigenvalue weighted by Crippen LogP contribution is 2.27. The fourth-order valence-corrected chi connectivity index (χ4v) is 2.00. The van der Waals surface area contributed by atoms with Crippen LogP contribution in [0.3, 0.4) is 0 Å². The van der Waals surface area contributed by atoms with Crippen LogP contribution in [0.15, 0.2) is 48.5 Å². The molecule has 0 saturated carbocycles. The number of nitrogens with one attached hydrogen (secondary N) is 1. The molecule has 6 heteroatoms. The first-order chi connectivity index (χ1) is 10.4. The molecule has 0 radical (unpaired) electrons. The van der Waals surface area contributed by atoms with Crippen LogP contribution in [0.1, 0.15) is 15.9 Å². The molecule has 116 valence electrons. The second kappa shape index (κ2) is 6.60. The Balaban J connectivity index is 2.12. The van der Waals surface area contributed by atoms with Crippen LogP contribution in [0.5, 0.6) is 0 Å². The lowest BCUT2D eigenvalue weighted by molar-refractivity contribution is -0.0884. The Morgan fingerprint density at radius 1 is 1.05 bits per heavy atom. The minimum atomic E-state index is -4.99. The lowest BCUT2D eigenvalue weighted by Crippen LogP contribution is -2.24. The van der Waals surface area contributed by atoms with E-state index in [0.29, 0.717) is 6.42 Å². The zero-order chi connectivity index (χ0) is 16.2. The maximum Gasteiger partial charge on any atom is 0.454 e. The third-order valence-corrected chi connectivity index (χ3v) is 3.06. The molecule has 22 heavy (non-hydrogen) atoms. The number of carbonyl (C=O) groups is 1. The molecule has 2 aromatic rings. The molecule has 0 heterocycles. The first kappa shape index (κ1) is 16.0. The number of ketones is 1. The Bertz CT molecular complexity index is 653. The fraction of sp³-hybridized carbons (Fsp3) is 0.188. The van der Waals surface area contributed by atoms with Gasteiger partial charge in [0.15, 0.2) is 0 Å². The second-order valence-corrected chi connectivity index (χ2v) is 4.68. The van der Waals surface area contributed by atoms with Crippen LogP contribution in [0.25, 0.3) is 0 Å². The van der Waals surface area contributed by atoms with Crippen LogP contribution in [0.4, 0.5) is 23.2 Å². The first-order valence-electron chi connectivity index (χ1n) is 6.57. The molecule has 0 aromatic heterocycles. The molecule has 0 bridgehead atoms. The predicted molar refractivity (Wildman–Crippen MR) is 75.4 cm³/mol. The van der Waals surface area contributed by atoms with Gasteiger partial charge in [-0.05, 0) is 30.2 Å². The van der Waals surface area contributed by atoms with E-state index in [2.05, 4.69) is 5.32 Å². The summed E-state index contributed by atoms with van der Waals surface area (Å²) in [6.45, 7) is 0.283. The fourth-order valence-electron chi connectivity index (χ4n) is 2.00. The summed E-state index contributed by atoms with van der Waals surface area (Å²) in [7, 11) is 0. The van der Waals surface area contributed by atoms with Crippen LogP contribution in [-0.4, -0.2) is 18.5 Å². The number of hydrogen-bond acceptors (Lipinski definition) is 2. The monoisotopic (exact) mass is 311 g/mol. The summed E-state index contributed by atoms with van der Waals surface area (Å²) in [6.07, 6.45) is -4.45. The molecule has 2 nitrogen and oxygen atoms in total. The molecule has 1 N–H and O–H groups in total. The molecule has 0 fully saturated rings. The smallest absolute Gasteiger partial charge is 0.384 e. The summed E-state index contributed by atoms with van der Waals surface area (Å²) >= 11 is 0. The van der Waals surface area contributed by atoms with Crippen molar-refractivity contribution >= 4 is 11.5 Å². The molecule has 0 aliphatic rings. The van der Waals surface area contributed by atoms with Gasteiger partial charge in [-0.3, -0.25) is 4.79 Å². The Hall–Kier alpha value is -2.37. The summed E-state index contributed by atoms with van der Waals surface area (Å²) in [5.74, 6) is -2.70. The van der Waals surface area contributed by atoms with E-state index in [1.807, 2.05) is 30.3 Å². The third-order valence-electron chi connectivity index (χ3n) is 3.06. The zero-order valence-corrected chi connectivity index (χ0v) is 11.5. The van der Waals surface area contributed by atoms with Gasteiger partial charge < -0.3 is 5.32 Å². The standard InChI is InChI=1S/C16H13F4NO/c17-12-6-7-13(15(22)16(18,19)20)14(10-12)21-9-8-11-4-2-1-3-5-11/h1-7,10,21H,8-9H2. The summed E-state index contributed by atoms with van der Waals surface area (Å²) in [6, 6.07) is 11.8. The van der Waals surface area contributed by atoms with Crippen molar-refractivity contribution in [2.45, 2.75) is 12.6 Å². The maximum atomic E-state index is 13.2. The van der Waals surface area contributed by atoms with Crippen molar-refractivity contribution in [1.82, 2.24) is 0 Å². The van der Waals surface area contributed by atoms with E-state index in [4.69, 9.17) is 0 Å². The molecule has 0 aliphatic heterocycles. The third kappa shape index (κ3) is 4.07. The van der Waals surface area contributed by atoms with E-state index >= 15 is 0 Å². The van der Waals surface area contributed by atoms with Crippen LogP contribution >= 0.6 is 0 Å². The number of benzene rings is 2. The molecule has 0 aliphatic carbocycles. The number of rotatable bonds is 5. The summed E-state index contributed by atoms with van der Waals surface area (Å²) in [5, 5.41) is 2.69. The Labute approximate surface area is 124 Å². The van der Waals surface area contributed by atoms with Gasteiger partial charge in [-0.15, -0.1) is 0 Å². The van der Waals surface area contributed by atoms with Crippen molar-refractivity contribution in [2.75, 3.05) is 11.9 Å². The van der Waals surface area contributed by atoms with E-state index in [1.165, 1.54) is 0 Å². The highest BCUT2D eigenvalue weighted by molar-refractivity contribution is 6.04. The van der Waals surface area contributed by atoms with Gasteiger partial charge in [0, 0.05) is 12.2 Å². The average Bonchev–Trinajstić information content (AvgIpc) is 2.47. The number of alkyl halides is 3. The Morgan fingerprint density at radius 3 is 2.36 bits per heavy atom. The minimum Gasteiger partial charge on any atom is -0.384 e. The molecule has 0 spiro atoms. The van der Waals surface area contributed by atoms with E-state index < -0.39 is 23.3 Å². The number of anilines is 1. The van der Waals surface area contributed by atoms with Crippen molar-refractivity contribution in [2.24, 2.45) is 0 Å². The minimum absolute atomic E-state index is 0.154. The van der Waals surface area contributed by atoms with Gasteiger partial charge in [-0.2, -0.15) is 13.2 Å². The van der Waals surface area contributed by atoms with Crippen molar-refractivity contribution in [1.29, 1.82) is 0 Å². The van der Waals surface area contributed by atoms with Crippen LogP contribution in [0.2, 0.25) is 0 Å². The lowest BCUT2D eigenvalue weighted by atomic mass is 10.1. The van der Waals surface area contributed by atoms with Crippen LogP contribution in [-0.2, 0) is 6.42 Å². The van der Waals surface area contributed by atoms with Gasteiger partial charge >= 0.3 is 6.18 Å². The predicted octanol–water partition coefficient (Wildman–Crippen LogP) is 4.23. The SMILES string of the molecule is O=C(c1ccc(F)cc1NCCc1ccccc1)C(F)(F)F. The van der Waals surface area contributed by atoms with Gasteiger partial charge in [0.2, 0.25) is 0 Å². The highest BCUT2D eigenvalue weighted by atomic mass is 19.4. The van der Waals surface area contributed by atoms with E-state index in [9.17, 15) is 22.4 Å². The van der Waals surface area contributed by atoms with Gasteiger partial charge in [-0.1, -0.05) is 30.3 Å². The number of Topliss-reactive ketones (excluding diaryl/α,β-unsaturated/α-hetero) is 1. The van der Waals surface area contributed by atoms with E-state index in [-0.39, 0.29) is 12.2 Å². The van der Waals surface area contributed by atoms with Gasteiger partial charge in [0.1, 0.15) is 5.82 Å². The number of carbonyl (C=O) groups excluding carboxylic acids is 1. The molecule has 0 atom stereocenters. The van der Waals surface area contributed by atoms with Gasteiger partial charge in [0.05, 0.1) is 5.56 Å². The maximum absolute atomic E-state index is 13.2. The normalized spacial score (nSPS) is 11.3. The highest BCUT2D eigenvalue weighted by Gasteiger charge is 2.40. The molecule has 2 rings (SSSR count). The zero-order valence-electron chi connectivity index (χ0n) is 11.5. The Morgan fingerprint density at radius 2 is 1.73 bits per heavy atom. The van der Waals surface area contributed by atoms with Crippen LogP contribution < -0.4 is 5.32 Å². The lowest BCUT2D eigenvalue weighted by Gasteiger charge is -2.13. The molecule has 0 amide bonds. The molecule has 0 unspecified atom stereocenters. The topological polar surface area (TPSA) is 29.1 Å². The molecule has 2 aromatic carbocycles. The summed E-state index contributed by atoms with van der Waals surface area (Å²) in [4.78, 5) is 11.3. The first-order valence-corrected chi connectivity index (χ1v) is 6.57. The molecular weight excluding hydrogens is 298 g/mol. The van der Waals surface area contributed by atoms with Crippen molar-refractivity contribution in [3.63, 3.8) is 0 Å². The quantitative estimate of drug-likeness (QED) is 0.661. The number of hydrogen-bond donors (Lipinski definition) is 1. The molecule has 0 saturated heterocycles. The van der Waals surface area contributed by atoms with Gasteiger partial charge in [0.25, 0.3) is 5.78 Å². The molecular formula is C16H13F4NO. The number of halogens is 4. The summed E-state index contributed by atoms with van der Waals surface area (Å²) in [5.41, 5.74) is 0.246. The van der Waals surface area contributed by atoms with E-state index in [0.717, 1.165) is 23.8 Å².